The van der Waals surface area contributed by atoms with E-state index in [1.54, 1.807) is 0 Å². The Kier molecular flexibility index (Phi) is 8.19. The summed E-state index contributed by atoms with van der Waals surface area (Å²) in [5.74, 6) is -3.45. The molecule has 14 heteroatoms. The molecule has 192 valence electrons. The standard InChI is InChI=1S/C22H26N6O8/c1-13(30)23-15-6-4-14(5-7-15)20(34)25-26-10-8-18(31)27-9-2-3-17(28(27)22(26)36)21(35)24-16(12-29)11-19(32)33/h4-7,12,16-17H,2-3,8-11H2,1H3,(H,23,30)(H,24,35)(H,25,34)(H,32,33)/t16-,17-/m0/s1. The van der Waals surface area contributed by atoms with Crippen LogP contribution in [0.4, 0.5) is 10.5 Å². The highest BCUT2D eigenvalue weighted by atomic mass is 16.4. The molecule has 0 radical (unpaired) electrons. The van der Waals surface area contributed by atoms with Gasteiger partial charge in [-0.25, -0.2) is 19.8 Å². The zero-order chi connectivity index (χ0) is 26.4. The van der Waals surface area contributed by atoms with Gasteiger partial charge in [0.15, 0.2) is 0 Å². The number of aldehydes is 1. The van der Waals surface area contributed by atoms with Crippen LogP contribution in [0.5, 0.6) is 0 Å². The second-order valence-corrected chi connectivity index (χ2v) is 8.25. The summed E-state index contributed by atoms with van der Waals surface area (Å²) in [6, 6.07) is 2.58. The van der Waals surface area contributed by atoms with Crippen LogP contribution in [0.15, 0.2) is 24.3 Å². The van der Waals surface area contributed by atoms with Crippen molar-refractivity contribution in [3.63, 3.8) is 0 Å². The lowest BCUT2D eigenvalue weighted by molar-refractivity contribution is -0.155. The minimum atomic E-state index is -1.31. The van der Waals surface area contributed by atoms with Crippen molar-refractivity contribution in [1.82, 2.24) is 25.8 Å². The second-order valence-electron chi connectivity index (χ2n) is 8.25. The number of anilines is 1. The Labute approximate surface area is 205 Å². The van der Waals surface area contributed by atoms with E-state index in [2.05, 4.69) is 16.1 Å². The molecule has 0 spiro atoms. The average Bonchev–Trinajstić information content (AvgIpc) is 2.95. The van der Waals surface area contributed by atoms with Crippen molar-refractivity contribution >= 4 is 47.6 Å². The number of carboxylic acids is 1. The molecule has 2 heterocycles. The molecule has 0 unspecified atom stereocenters. The summed E-state index contributed by atoms with van der Waals surface area (Å²) in [6.07, 6.45) is 0.0826. The van der Waals surface area contributed by atoms with Crippen LogP contribution < -0.4 is 16.1 Å². The van der Waals surface area contributed by atoms with Gasteiger partial charge in [0.05, 0.1) is 19.0 Å². The molecule has 0 saturated carbocycles. The Morgan fingerprint density at radius 1 is 1.14 bits per heavy atom. The van der Waals surface area contributed by atoms with E-state index in [1.807, 2.05) is 0 Å². The number of carbonyl (C=O) groups excluding carboxylic acids is 6. The Morgan fingerprint density at radius 2 is 1.83 bits per heavy atom. The number of hydrogen-bond donors (Lipinski definition) is 4. The molecule has 2 aliphatic heterocycles. The summed E-state index contributed by atoms with van der Waals surface area (Å²) in [5.41, 5.74) is 3.10. The minimum absolute atomic E-state index is 0.117. The first-order chi connectivity index (χ1) is 17.1. The molecule has 0 aromatic heterocycles. The van der Waals surface area contributed by atoms with E-state index in [9.17, 15) is 33.6 Å². The lowest BCUT2D eigenvalue weighted by Gasteiger charge is -2.42. The van der Waals surface area contributed by atoms with Crippen LogP contribution in [0.2, 0.25) is 0 Å². The minimum Gasteiger partial charge on any atom is -0.481 e. The number of carbonyl (C=O) groups is 7. The Balaban J connectivity index is 1.77. The Hall–Kier alpha value is -4.49. The quantitative estimate of drug-likeness (QED) is 0.342. The number of hydrogen-bond acceptors (Lipinski definition) is 7. The normalized spacial score (nSPS) is 18.5. The smallest absolute Gasteiger partial charge is 0.358 e. The maximum atomic E-state index is 13.4. The summed E-state index contributed by atoms with van der Waals surface area (Å²) in [6.45, 7) is 1.37. The first-order valence-corrected chi connectivity index (χ1v) is 11.2. The summed E-state index contributed by atoms with van der Waals surface area (Å²) in [5, 5.41) is 16.8. The number of urea groups is 1. The molecule has 14 nitrogen and oxygen atoms in total. The van der Waals surface area contributed by atoms with Crippen LogP contribution in [0.3, 0.4) is 0 Å². The van der Waals surface area contributed by atoms with Gasteiger partial charge in [-0.05, 0) is 37.1 Å². The van der Waals surface area contributed by atoms with Gasteiger partial charge in [-0.2, -0.15) is 0 Å². The SMILES string of the molecule is CC(=O)Nc1ccc(C(=O)NN2CCC(=O)N3CCC[C@@H](C(=O)N[C@H](C=O)CC(=O)O)N3C2=O)cc1. The van der Waals surface area contributed by atoms with Crippen LogP contribution in [0, 0.1) is 0 Å². The van der Waals surface area contributed by atoms with E-state index < -0.39 is 48.2 Å². The predicted octanol–water partition coefficient (Wildman–Crippen LogP) is -0.518. The van der Waals surface area contributed by atoms with Gasteiger partial charge in [0.25, 0.3) is 5.91 Å². The third-order valence-corrected chi connectivity index (χ3v) is 5.56. The van der Waals surface area contributed by atoms with E-state index in [-0.39, 0.29) is 43.7 Å². The molecular weight excluding hydrogens is 476 g/mol. The van der Waals surface area contributed by atoms with Gasteiger partial charge >= 0.3 is 12.0 Å². The van der Waals surface area contributed by atoms with Crippen LogP contribution in [-0.2, 0) is 24.0 Å². The number of nitrogens with one attached hydrogen (secondary N) is 3. The van der Waals surface area contributed by atoms with Crippen LogP contribution in [-0.4, -0.2) is 87.2 Å². The number of hydrazine groups is 2. The molecule has 4 N–H and O–H groups in total. The highest BCUT2D eigenvalue weighted by molar-refractivity contribution is 5.97. The van der Waals surface area contributed by atoms with E-state index >= 15 is 0 Å². The van der Waals surface area contributed by atoms with Crippen molar-refractivity contribution in [2.24, 2.45) is 0 Å². The molecule has 0 aliphatic carbocycles. The predicted molar refractivity (Wildman–Crippen MR) is 122 cm³/mol. The molecule has 36 heavy (non-hydrogen) atoms. The average molecular weight is 502 g/mol. The number of carboxylic acid groups (broad SMARTS) is 1. The largest absolute Gasteiger partial charge is 0.481 e. The molecule has 6 amide bonds. The first-order valence-electron chi connectivity index (χ1n) is 11.2. The summed E-state index contributed by atoms with van der Waals surface area (Å²) >= 11 is 0. The van der Waals surface area contributed by atoms with Crippen molar-refractivity contribution in [3.8, 4) is 0 Å². The fourth-order valence-corrected chi connectivity index (χ4v) is 3.91. The van der Waals surface area contributed by atoms with Crippen molar-refractivity contribution in [2.75, 3.05) is 18.4 Å². The molecule has 3 rings (SSSR count). The Bertz CT molecular complexity index is 1070. The maximum absolute atomic E-state index is 13.4. The van der Waals surface area contributed by atoms with Gasteiger partial charge in [-0.15, -0.1) is 0 Å². The highest BCUT2D eigenvalue weighted by Gasteiger charge is 2.44. The van der Waals surface area contributed by atoms with E-state index in [4.69, 9.17) is 5.11 Å². The molecule has 1 aromatic rings. The van der Waals surface area contributed by atoms with Crippen molar-refractivity contribution in [1.29, 1.82) is 0 Å². The number of benzene rings is 1. The van der Waals surface area contributed by atoms with Crippen molar-refractivity contribution in [3.05, 3.63) is 29.8 Å². The zero-order valence-electron chi connectivity index (χ0n) is 19.4. The van der Waals surface area contributed by atoms with Crippen LogP contribution in [0.1, 0.15) is 43.0 Å². The third-order valence-electron chi connectivity index (χ3n) is 5.56. The number of rotatable bonds is 8. The van der Waals surface area contributed by atoms with E-state index in [0.29, 0.717) is 12.1 Å². The molecule has 2 aliphatic rings. The summed E-state index contributed by atoms with van der Waals surface area (Å²) in [4.78, 5) is 85.0. The summed E-state index contributed by atoms with van der Waals surface area (Å²) in [7, 11) is 0. The van der Waals surface area contributed by atoms with Crippen LogP contribution >= 0.6 is 0 Å². The molecule has 2 fully saturated rings. The van der Waals surface area contributed by atoms with Crippen molar-refractivity contribution in [2.45, 2.75) is 44.7 Å². The maximum Gasteiger partial charge on any atom is 0.358 e. The van der Waals surface area contributed by atoms with Gasteiger partial charge in [0.1, 0.15) is 12.3 Å². The second kappa shape index (κ2) is 11.3. The van der Waals surface area contributed by atoms with E-state index in [0.717, 1.165) is 15.0 Å². The molecule has 2 saturated heterocycles. The van der Waals surface area contributed by atoms with E-state index in [1.165, 1.54) is 31.2 Å². The number of nitrogens with zero attached hydrogens (tertiary/aromatic N) is 3. The fraction of sp³-hybridized carbons (Fsp3) is 0.409. The monoisotopic (exact) mass is 502 g/mol. The van der Waals surface area contributed by atoms with Gasteiger partial charge in [0.2, 0.25) is 17.7 Å². The van der Waals surface area contributed by atoms with Crippen molar-refractivity contribution < 1.29 is 38.7 Å². The van der Waals surface area contributed by atoms with Crippen LogP contribution in [0.25, 0.3) is 0 Å². The lowest BCUT2D eigenvalue weighted by Crippen LogP contribution is -2.64. The van der Waals surface area contributed by atoms with Gasteiger partial charge < -0.3 is 20.5 Å². The topological polar surface area (TPSA) is 186 Å². The zero-order valence-corrected chi connectivity index (χ0v) is 19.4. The molecule has 2 atom stereocenters. The number of amides is 6. The molecular formula is C22H26N6O8. The van der Waals surface area contributed by atoms with Gasteiger partial charge in [-0.1, -0.05) is 0 Å². The summed E-state index contributed by atoms with van der Waals surface area (Å²) < 4.78 is 0. The highest BCUT2D eigenvalue weighted by Crippen LogP contribution is 2.24. The fourth-order valence-electron chi connectivity index (χ4n) is 3.91. The number of fused-ring (bicyclic) bond motifs is 1. The van der Waals surface area contributed by atoms with Gasteiger partial charge in [0, 0.05) is 31.1 Å². The van der Waals surface area contributed by atoms with Gasteiger partial charge in [-0.3, -0.25) is 29.4 Å². The Morgan fingerprint density at radius 3 is 2.44 bits per heavy atom. The molecule has 1 aromatic carbocycles. The number of aliphatic carboxylic acids is 1. The lowest BCUT2D eigenvalue weighted by atomic mass is 10.1. The third kappa shape index (κ3) is 6.14. The first kappa shape index (κ1) is 26.1. The molecule has 0 bridgehead atoms.